The molecule has 0 aliphatic carbocycles. The molecule has 0 aliphatic heterocycles. The third kappa shape index (κ3) is 4.20. The number of ether oxygens (including phenoxy) is 1. The summed E-state index contributed by atoms with van der Waals surface area (Å²) < 4.78 is 7.30. The second-order valence-corrected chi connectivity index (χ2v) is 7.37. The van der Waals surface area contributed by atoms with Gasteiger partial charge in [-0.15, -0.1) is 0 Å². The van der Waals surface area contributed by atoms with Crippen LogP contribution in [-0.4, -0.2) is 34.3 Å². The molecular weight excluding hydrogens is 374 g/mol. The van der Waals surface area contributed by atoms with Crippen molar-refractivity contribution in [3.8, 4) is 5.75 Å². The van der Waals surface area contributed by atoms with Gasteiger partial charge in [-0.1, -0.05) is 48.5 Å². The van der Waals surface area contributed by atoms with Crippen molar-refractivity contribution in [3.63, 3.8) is 0 Å². The Morgan fingerprint density at radius 1 is 1.00 bits per heavy atom. The zero-order valence-corrected chi connectivity index (χ0v) is 17.2. The van der Waals surface area contributed by atoms with E-state index in [1.54, 1.807) is 12.0 Å². The third-order valence-corrected chi connectivity index (χ3v) is 5.42. The molecule has 5 heteroatoms. The van der Waals surface area contributed by atoms with Crippen molar-refractivity contribution in [2.75, 3.05) is 14.2 Å². The molecule has 1 unspecified atom stereocenters. The van der Waals surface area contributed by atoms with Gasteiger partial charge in [0.1, 0.15) is 11.4 Å². The van der Waals surface area contributed by atoms with Gasteiger partial charge >= 0.3 is 0 Å². The smallest absolute Gasteiger partial charge is 0.223 e. The first-order valence-electron chi connectivity index (χ1n) is 9.99. The van der Waals surface area contributed by atoms with Gasteiger partial charge in [-0.05, 0) is 35.4 Å². The van der Waals surface area contributed by atoms with Crippen molar-refractivity contribution < 1.29 is 9.53 Å². The van der Waals surface area contributed by atoms with Gasteiger partial charge in [0.25, 0.3) is 0 Å². The molecule has 0 saturated heterocycles. The lowest BCUT2D eigenvalue weighted by Crippen LogP contribution is -2.28. The van der Waals surface area contributed by atoms with Gasteiger partial charge in [-0.25, -0.2) is 4.98 Å². The molecule has 2 heterocycles. The molecule has 0 spiro atoms. The molecule has 5 nitrogen and oxygen atoms in total. The summed E-state index contributed by atoms with van der Waals surface area (Å²) in [5, 5.41) is 0. The lowest BCUT2D eigenvalue weighted by molar-refractivity contribution is -0.130. The molecule has 4 rings (SSSR count). The van der Waals surface area contributed by atoms with E-state index in [4.69, 9.17) is 4.74 Å². The highest BCUT2D eigenvalue weighted by molar-refractivity contribution is 5.77. The maximum atomic E-state index is 13.2. The van der Waals surface area contributed by atoms with E-state index < -0.39 is 0 Å². The lowest BCUT2D eigenvalue weighted by atomic mass is 9.88. The predicted molar refractivity (Wildman–Crippen MR) is 118 cm³/mol. The van der Waals surface area contributed by atoms with E-state index in [0.717, 1.165) is 28.2 Å². The Hall–Kier alpha value is -3.60. The normalized spacial score (nSPS) is 11.9. The van der Waals surface area contributed by atoms with Crippen molar-refractivity contribution in [1.29, 1.82) is 0 Å². The van der Waals surface area contributed by atoms with Gasteiger partial charge in [0.2, 0.25) is 5.91 Å². The molecule has 1 amide bonds. The van der Waals surface area contributed by atoms with Crippen molar-refractivity contribution in [2.45, 2.75) is 18.9 Å². The number of fused-ring (bicyclic) bond motifs is 1. The zero-order chi connectivity index (χ0) is 20.9. The molecule has 0 bridgehead atoms. The second kappa shape index (κ2) is 8.82. The topological polar surface area (TPSA) is 46.8 Å². The largest absolute Gasteiger partial charge is 0.497 e. The number of amides is 1. The summed E-state index contributed by atoms with van der Waals surface area (Å²) in [4.78, 5) is 19.3. The van der Waals surface area contributed by atoms with Gasteiger partial charge in [0.15, 0.2) is 0 Å². The fourth-order valence-corrected chi connectivity index (χ4v) is 3.71. The number of pyridine rings is 1. The van der Waals surface area contributed by atoms with Crippen molar-refractivity contribution in [3.05, 3.63) is 102 Å². The molecule has 0 aliphatic rings. The number of hydrogen-bond acceptors (Lipinski definition) is 3. The number of rotatable bonds is 7. The van der Waals surface area contributed by atoms with E-state index in [1.807, 2.05) is 84.5 Å². The highest BCUT2D eigenvalue weighted by atomic mass is 16.5. The zero-order valence-electron chi connectivity index (χ0n) is 17.2. The molecule has 30 heavy (non-hydrogen) atoms. The highest BCUT2D eigenvalue weighted by Crippen LogP contribution is 2.30. The number of methoxy groups -OCH3 is 1. The summed E-state index contributed by atoms with van der Waals surface area (Å²) in [6.45, 7) is 0.508. The van der Waals surface area contributed by atoms with E-state index in [9.17, 15) is 4.79 Å². The van der Waals surface area contributed by atoms with Crippen LogP contribution in [0.5, 0.6) is 5.75 Å². The molecule has 0 radical (unpaired) electrons. The lowest BCUT2D eigenvalue weighted by Gasteiger charge is -2.22. The minimum atomic E-state index is -0.0192. The third-order valence-electron chi connectivity index (χ3n) is 5.42. The minimum Gasteiger partial charge on any atom is -0.497 e. The van der Waals surface area contributed by atoms with Crippen LogP contribution in [0.1, 0.15) is 29.2 Å². The second-order valence-electron chi connectivity index (χ2n) is 7.37. The van der Waals surface area contributed by atoms with Gasteiger partial charge in [0, 0.05) is 25.6 Å². The van der Waals surface area contributed by atoms with E-state index in [0.29, 0.717) is 13.0 Å². The Bertz CT molecular complexity index is 1120. The first-order chi connectivity index (χ1) is 14.7. The molecule has 4 aromatic rings. The van der Waals surface area contributed by atoms with Crippen LogP contribution in [0.4, 0.5) is 0 Å². The monoisotopic (exact) mass is 399 g/mol. The Morgan fingerprint density at radius 2 is 1.70 bits per heavy atom. The summed E-state index contributed by atoms with van der Waals surface area (Å²) >= 11 is 0. The SMILES string of the molecule is COc1ccc(C(CC(=O)N(C)Cc2cnc3ccccn23)c2ccccc2)cc1. The quantitative estimate of drug-likeness (QED) is 0.459. The maximum Gasteiger partial charge on any atom is 0.223 e. The number of imidazole rings is 1. The number of carbonyl (C=O) groups excluding carboxylic acids is 1. The number of aromatic nitrogens is 2. The Kier molecular flexibility index (Phi) is 5.80. The van der Waals surface area contributed by atoms with Crippen LogP contribution < -0.4 is 4.74 Å². The van der Waals surface area contributed by atoms with E-state index in [2.05, 4.69) is 17.1 Å². The highest BCUT2D eigenvalue weighted by Gasteiger charge is 2.21. The number of benzene rings is 2. The standard InChI is InChI=1S/C25H25N3O2/c1-27(18-21-17-26-24-10-6-7-15-28(21)24)25(29)16-23(19-8-4-3-5-9-19)20-11-13-22(30-2)14-12-20/h3-15,17,23H,16,18H2,1-2H3. The predicted octanol–water partition coefficient (Wildman–Crippen LogP) is 4.52. The minimum absolute atomic E-state index is 0.0192. The van der Waals surface area contributed by atoms with E-state index in [1.165, 1.54) is 0 Å². The fourth-order valence-electron chi connectivity index (χ4n) is 3.71. The summed E-state index contributed by atoms with van der Waals surface area (Å²) in [6, 6.07) is 24.0. The van der Waals surface area contributed by atoms with E-state index >= 15 is 0 Å². The summed E-state index contributed by atoms with van der Waals surface area (Å²) in [5.74, 6) is 0.876. The fraction of sp³-hybridized carbons (Fsp3) is 0.200. The van der Waals surface area contributed by atoms with Crippen molar-refractivity contribution in [2.24, 2.45) is 0 Å². The van der Waals surface area contributed by atoms with E-state index in [-0.39, 0.29) is 11.8 Å². The Morgan fingerprint density at radius 3 is 2.43 bits per heavy atom. The first-order valence-corrected chi connectivity index (χ1v) is 9.99. The van der Waals surface area contributed by atoms with Crippen LogP contribution in [0.25, 0.3) is 5.65 Å². The van der Waals surface area contributed by atoms with Gasteiger partial charge in [0.05, 0.1) is 25.5 Å². The number of hydrogen-bond donors (Lipinski definition) is 0. The van der Waals surface area contributed by atoms with Crippen LogP contribution >= 0.6 is 0 Å². The molecule has 2 aromatic heterocycles. The average Bonchev–Trinajstić information content (AvgIpc) is 3.21. The molecular formula is C25H25N3O2. The average molecular weight is 399 g/mol. The van der Waals surface area contributed by atoms with Gasteiger partial charge < -0.3 is 14.0 Å². The first kappa shape index (κ1) is 19.7. The van der Waals surface area contributed by atoms with Crippen LogP contribution in [0.3, 0.4) is 0 Å². The Labute approximate surface area is 176 Å². The van der Waals surface area contributed by atoms with Crippen molar-refractivity contribution in [1.82, 2.24) is 14.3 Å². The molecule has 1 atom stereocenters. The number of carbonyl (C=O) groups is 1. The van der Waals surface area contributed by atoms with Crippen LogP contribution in [-0.2, 0) is 11.3 Å². The molecule has 2 aromatic carbocycles. The number of nitrogens with zero attached hydrogens (tertiary/aromatic N) is 3. The molecule has 0 fully saturated rings. The summed E-state index contributed by atoms with van der Waals surface area (Å²) in [5.41, 5.74) is 4.09. The molecule has 152 valence electrons. The molecule has 0 saturated carbocycles. The van der Waals surface area contributed by atoms with Gasteiger partial charge in [-0.3, -0.25) is 4.79 Å². The van der Waals surface area contributed by atoms with Crippen molar-refractivity contribution >= 4 is 11.6 Å². The maximum absolute atomic E-state index is 13.2. The van der Waals surface area contributed by atoms with Crippen LogP contribution in [0.2, 0.25) is 0 Å². The van der Waals surface area contributed by atoms with Crippen LogP contribution in [0, 0.1) is 0 Å². The van der Waals surface area contributed by atoms with Gasteiger partial charge in [-0.2, -0.15) is 0 Å². The molecule has 0 N–H and O–H groups in total. The summed E-state index contributed by atoms with van der Waals surface area (Å²) in [6.07, 6.45) is 4.20. The summed E-state index contributed by atoms with van der Waals surface area (Å²) in [7, 11) is 3.50. The Balaban J connectivity index is 1.55. The van der Waals surface area contributed by atoms with Crippen LogP contribution in [0.15, 0.2) is 85.2 Å².